The molecule has 26 heavy (non-hydrogen) atoms. The molecule has 1 aliphatic carbocycles. The number of hydrogen-bond acceptors (Lipinski definition) is 4. The van der Waals surface area contributed by atoms with Crippen LogP contribution in [0.25, 0.3) is 10.9 Å². The number of aromatic nitrogens is 1. The first-order chi connectivity index (χ1) is 12.6. The largest absolute Gasteiger partial charge is 0.490 e. The van der Waals surface area contributed by atoms with Gasteiger partial charge in [0.2, 0.25) is 11.2 Å². The number of carbonyl (C=O) groups is 1. The zero-order chi connectivity index (χ0) is 18.3. The van der Waals surface area contributed by atoms with E-state index in [4.69, 9.17) is 20.8 Å². The number of rotatable bonds is 3. The van der Waals surface area contributed by atoms with Gasteiger partial charge in [-0.3, -0.25) is 9.59 Å². The number of methoxy groups -OCH3 is 1. The third kappa shape index (κ3) is 2.76. The Balaban J connectivity index is 1.65. The van der Waals surface area contributed by atoms with Gasteiger partial charge in [0, 0.05) is 17.1 Å². The van der Waals surface area contributed by atoms with Crippen LogP contribution in [0.5, 0.6) is 5.75 Å². The van der Waals surface area contributed by atoms with Crippen LogP contribution < -0.4 is 15.5 Å². The first-order valence-electron chi connectivity index (χ1n) is 8.35. The molecular weight excluding hydrogens is 356 g/mol. The monoisotopic (exact) mass is 372 g/mol. The van der Waals surface area contributed by atoms with Crippen molar-refractivity contribution in [3.05, 3.63) is 62.8 Å². The van der Waals surface area contributed by atoms with Crippen molar-refractivity contribution in [2.45, 2.75) is 25.3 Å². The summed E-state index contributed by atoms with van der Waals surface area (Å²) in [6.07, 6.45) is 3.82. The quantitative estimate of drug-likeness (QED) is 0.735. The van der Waals surface area contributed by atoms with Crippen LogP contribution in [0, 0.1) is 0 Å². The summed E-state index contributed by atoms with van der Waals surface area (Å²) in [5, 5.41) is 4.69. The Morgan fingerprint density at radius 3 is 3.04 bits per heavy atom. The van der Waals surface area contributed by atoms with Gasteiger partial charge >= 0.3 is 0 Å². The molecule has 2 aromatic heterocycles. The van der Waals surface area contributed by atoms with Crippen LogP contribution in [-0.4, -0.2) is 18.0 Å². The van der Waals surface area contributed by atoms with Crippen molar-refractivity contribution in [3.63, 3.8) is 0 Å². The Bertz CT molecular complexity index is 1050. The van der Waals surface area contributed by atoms with Gasteiger partial charge in [0.05, 0.1) is 23.7 Å². The molecule has 0 saturated heterocycles. The van der Waals surface area contributed by atoms with Crippen LogP contribution in [0.3, 0.4) is 0 Å². The maximum atomic E-state index is 12.5. The molecule has 0 radical (unpaired) electrons. The molecule has 0 spiro atoms. The fourth-order valence-corrected chi connectivity index (χ4v) is 3.71. The Kier molecular flexibility index (Phi) is 4.20. The van der Waals surface area contributed by atoms with Crippen LogP contribution in [0.4, 0.5) is 0 Å². The van der Waals surface area contributed by atoms with Crippen molar-refractivity contribution in [2.24, 2.45) is 0 Å². The number of fused-ring (bicyclic) bond motifs is 3. The molecule has 1 aromatic carbocycles. The number of carbonyl (C=O) groups excluding carboxylic acids is 1. The third-order valence-electron chi connectivity index (χ3n) is 4.74. The van der Waals surface area contributed by atoms with Gasteiger partial charge in [0.1, 0.15) is 6.26 Å². The van der Waals surface area contributed by atoms with E-state index in [0.29, 0.717) is 5.02 Å². The maximum absolute atomic E-state index is 12.5. The fourth-order valence-electron chi connectivity index (χ4n) is 3.49. The lowest BCUT2D eigenvalue weighted by molar-refractivity contribution is 0.0900. The Hall–Kier alpha value is -2.73. The molecule has 1 amide bonds. The number of halogens is 1. The summed E-state index contributed by atoms with van der Waals surface area (Å²) >= 11 is 6.29. The minimum Gasteiger partial charge on any atom is -0.490 e. The van der Waals surface area contributed by atoms with E-state index in [1.807, 2.05) is 18.2 Å². The average molecular weight is 373 g/mol. The summed E-state index contributed by atoms with van der Waals surface area (Å²) in [6.45, 7) is 0. The molecule has 4 rings (SSSR count). The predicted octanol–water partition coefficient (Wildman–Crippen LogP) is 3.59. The van der Waals surface area contributed by atoms with Crippen LogP contribution >= 0.6 is 11.6 Å². The zero-order valence-electron chi connectivity index (χ0n) is 14.1. The molecule has 6 nitrogen and oxygen atoms in total. The number of hydrogen-bond donors (Lipinski definition) is 2. The number of nitrogens with one attached hydrogen (secondary N) is 2. The van der Waals surface area contributed by atoms with E-state index in [9.17, 15) is 9.59 Å². The number of H-pyrrole nitrogens is 1. The van der Waals surface area contributed by atoms with Gasteiger partial charge in [-0.15, -0.1) is 0 Å². The SMILES string of the molecule is COc1coc(C(=O)N[C@@H]2CCCc3c2[nH]c2c(Cl)cccc32)cc1=O. The summed E-state index contributed by atoms with van der Waals surface area (Å²) in [5.41, 5.74) is 2.63. The van der Waals surface area contributed by atoms with E-state index in [0.717, 1.165) is 48.2 Å². The number of aryl methyl sites for hydroxylation is 1. The van der Waals surface area contributed by atoms with Gasteiger partial charge < -0.3 is 19.5 Å². The molecular formula is C19H17ClN2O4. The average Bonchev–Trinajstić information content (AvgIpc) is 3.03. The predicted molar refractivity (Wildman–Crippen MR) is 98.0 cm³/mol. The van der Waals surface area contributed by atoms with Crippen LogP contribution in [0.15, 0.2) is 39.7 Å². The third-order valence-corrected chi connectivity index (χ3v) is 5.05. The highest BCUT2D eigenvalue weighted by Gasteiger charge is 2.27. The number of aromatic amines is 1. The maximum Gasteiger partial charge on any atom is 0.287 e. The highest BCUT2D eigenvalue weighted by molar-refractivity contribution is 6.35. The van der Waals surface area contributed by atoms with Gasteiger partial charge in [0.15, 0.2) is 5.76 Å². The number of para-hydroxylation sites is 1. The smallest absolute Gasteiger partial charge is 0.287 e. The first-order valence-corrected chi connectivity index (χ1v) is 8.73. The Morgan fingerprint density at radius 1 is 1.42 bits per heavy atom. The highest BCUT2D eigenvalue weighted by Crippen LogP contribution is 2.37. The normalized spacial score (nSPS) is 16.3. The molecule has 2 N–H and O–H groups in total. The van der Waals surface area contributed by atoms with Crippen molar-refractivity contribution in [2.75, 3.05) is 7.11 Å². The Morgan fingerprint density at radius 2 is 2.27 bits per heavy atom. The second kappa shape index (κ2) is 6.53. The number of ether oxygens (including phenoxy) is 1. The van der Waals surface area contributed by atoms with Crippen LogP contribution in [0.2, 0.25) is 5.02 Å². The number of amides is 1. The van der Waals surface area contributed by atoms with Crippen molar-refractivity contribution >= 4 is 28.4 Å². The number of benzene rings is 1. The van der Waals surface area contributed by atoms with E-state index in [1.165, 1.54) is 12.7 Å². The summed E-state index contributed by atoms with van der Waals surface area (Å²) in [6, 6.07) is 6.74. The van der Waals surface area contributed by atoms with Gasteiger partial charge in [-0.05, 0) is 30.9 Å². The minimum absolute atomic E-state index is 0.0444. The summed E-state index contributed by atoms with van der Waals surface area (Å²) in [4.78, 5) is 27.7. The molecule has 134 valence electrons. The van der Waals surface area contributed by atoms with Gasteiger partial charge in [-0.2, -0.15) is 0 Å². The molecule has 1 aliphatic rings. The zero-order valence-corrected chi connectivity index (χ0v) is 14.9. The second-order valence-corrected chi connectivity index (χ2v) is 6.68. The lowest BCUT2D eigenvalue weighted by Crippen LogP contribution is -2.31. The lowest BCUT2D eigenvalue weighted by Gasteiger charge is -2.23. The van der Waals surface area contributed by atoms with Gasteiger partial charge in [-0.25, -0.2) is 0 Å². The summed E-state index contributed by atoms with van der Waals surface area (Å²) < 4.78 is 10.1. The van der Waals surface area contributed by atoms with Gasteiger partial charge in [0.25, 0.3) is 5.91 Å². The fraction of sp³-hybridized carbons (Fsp3) is 0.263. The Labute approximate surface area is 154 Å². The van der Waals surface area contributed by atoms with Crippen LogP contribution in [-0.2, 0) is 6.42 Å². The molecule has 0 unspecified atom stereocenters. The van der Waals surface area contributed by atoms with E-state index >= 15 is 0 Å². The van der Waals surface area contributed by atoms with Crippen molar-refractivity contribution in [1.29, 1.82) is 0 Å². The van der Waals surface area contributed by atoms with Crippen molar-refractivity contribution in [3.8, 4) is 5.75 Å². The topological polar surface area (TPSA) is 84.3 Å². The van der Waals surface area contributed by atoms with E-state index in [2.05, 4.69) is 10.3 Å². The molecule has 0 saturated carbocycles. The standard InChI is InChI=1S/C19H17ClN2O4/c1-25-16-9-26-15(8-14(16)23)19(24)21-13-7-3-5-11-10-4-2-6-12(20)17(10)22-18(11)13/h2,4,6,8-9,13,22H,3,5,7H2,1H3,(H,21,24)/t13-/m1/s1. The minimum atomic E-state index is -0.438. The summed E-state index contributed by atoms with van der Waals surface area (Å²) in [5.74, 6) is -0.420. The highest BCUT2D eigenvalue weighted by atomic mass is 35.5. The molecule has 0 fully saturated rings. The summed E-state index contributed by atoms with van der Waals surface area (Å²) in [7, 11) is 1.37. The molecule has 0 bridgehead atoms. The second-order valence-electron chi connectivity index (χ2n) is 6.27. The molecule has 0 aliphatic heterocycles. The molecule has 3 aromatic rings. The van der Waals surface area contributed by atoms with Crippen molar-refractivity contribution in [1.82, 2.24) is 10.3 Å². The first kappa shape index (κ1) is 16.7. The van der Waals surface area contributed by atoms with Crippen molar-refractivity contribution < 1.29 is 13.9 Å². The molecule has 7 heteroatoms. The van der Waals surface area contributed by atoms with Gasteiger partial charge in [-0.1, -0.05) is 23.7 Å². The van der Waals surface area contributed by atoms with E-state index in [-0.39, 0.29) is 17.6 Å². The van der Waals surface area contributed by atoms with Crippen LogP contribution in [0.1, 0.15) is 40.7 Å². The lowest BCUT2D eigenvalue weighted by atomic mass is 9.91. The molecule has 1 atom stereocenters. The molecule has 2 heterocycles. The van der Waals surface area contributed by atoms with E-state index in [1.54, 1.807) is 0 Å². The van der Waals surface area contributed by atoms with E-state index < -0.39 is 11.3 Å².